The number of carbonyl (C=O) groups is 1. The SMILES string of the molecule is Cc1ccccc1NC(=O)Nc1cnc(-n2c(C)nc(C)c2C)nc1. The summed E-state index contributed by atoms with van der Waals surface area (Å²) in [6, 6.07) is 7.24. The van der Waals surface area contributed by atoms with Crippen molar-refractivity contribution in [3.05, 3.63) is 59.4 Å². The summed E-state index contributed by atoms with van der Waals surface area (Å²) in [7, 11) is 0. The summed E-state index contributed by atoms with van der Waals surface area (Å²) in [5.41, 5.74) is 4.21. The monoisotopic (exact) mass is 336 g/mol. The minimum atomic E-state index is -0.337. The van der Waals surface area contributed by atoms with Crippen molar-refractivity contribution in [1.82, 2.24) is 19.5 Å². The molecule has 0 radical (unpaired) electrons. The maximum Gasteiger partial charge on any atom is 0.323 e. The Morgan fingerprint density at radius 1 is 1.00 bits per heavy atom. The molecule has 0 aliphatic heterocycles. The molecule has 0 saturated heterocycles. The molecule has 2 aromatic heterocycles. The zero-order valence-corrected chi connectivity index (χ0v) is 14.7. The number of benzene rings is 1. The van der Waals surface area contributed by atoms with Crippen LogP contribution in [-0.4, -0.2) is 25.6 Å². The lowest BCUT2D eigenvalue weighted by Gasteiger charge is -2.10. The molecule has 0 fully saturated rings. The first-order valence-electron chi connectivity index (χ1n) is 7.94. The first-order valence-corrected chi connectivity index (χ1v) is 7.94. The molecule has 25 heavy (non-hydrogen) atoms. The lowest BCUT2D eigenvalue weighted by atomic mass is 10.2. The number of aryl methyl sites for hydroxylation is 3. The van der Waals surface area contributed by atoms with E-state index in [0.717, 1.165) is 28.5 Å². The molecule has 2 N–H and O–H groups in total. The van der Waals surface area contributed by atoms with Crippen LogP contribution >= 0.6 is 0 Å². The van der Waals surface area contributed by atoms with Crippen molar-refractivity contribution in [2.45, 2.75) is 27.7 Å². The molecule has 0 aliphatic carbocycles. The number of para-hydroxylation sites is 1. The number of anilines is 2. The summed E-state index contributed by atoms with van der Waals surface area (Å²) in [6.07, 6.45) is 3.15. The predicted octanol–water partition coefficient (Wildman–Crippen LogP) is 3.54. The van der Waals surface area contributed by atoms with Crippen LogP contribution in [0.3, 0.4) is 0 Å². The topological polar surface area (TPSA) is 84.7 Å². The zero-order valence-electron chi connectivity index (χ0n) is 14.7. The van der Waals surface area contributed by atoms with Crippen LogP contribution in [0.5, 0.6) is 0 Å². The van der Waals surface area contributed by atoms with Gasteiger partial charge in [-0.05, 0) is 39.3 Å². The molecule has 0 aliphatic rings. The first kappa shape index (κ1) is 16.6. The Balaban J connectivity index is 1.72. The van der Waals surface area contributed by atoms with Crippen LogP contribution in [0.2, 0.25) is 0 Å². The minimum absolute atomic E-state index is 0.337. The van der Waals surface area contributed by atoms with Crippen molar-refractivity contribution >= 4 is 17.4 Å². The highest BCUT2D eigenvalue weighted by atomic mass is 16.2. The van der Waals surface area contributed by atoms with Gasteiger partial charge in [-0.3, -0.25) is 4.57 Å². The number of rotatable bonds is 3. The van der Waals surface area contributed by atoms with Gasteiger partial charge < -0.3 is 10.6 Å². The highest BCUT2D eigenvalue weighted by Gasteiger charge is 2.12. The molecular weight excluding hydrogens is 316 g/mol. The Labute approximate surface area is 146 Å². The van der Waals surface area contributed by atoms with E-state index in [1.54, 1.807) is 12.4 Å². The van der Waals surface area contributed by atoms with Gasteiger partial charge in [0.2, 0.25) is 5.95 Å². The fourth-order valence-corrected chi connectivity index (χ4v) is 2.57. The quantitative estimate of drug-likeness (QED) is 0.766. The van der Waals surface area contributed by atoms with Gasteiger partial charge in [-0.25, -0.2) is 19.7 Å². The smallest absolute Gasteiger partial charge is 0.307 e. The van der Waals surface area contributed by atoms with E-state index in [1.165, 1.54) is 0 Å². The average Bonchev–Trinajstić information content (AvgIpc) is 2.83. The molecular formula is C18H20N6O. The Bertz CT molecular complexity index is 914. The molecule has 3 rings (SSSR count). The highest BCUT2D eigenvalue weighted by molar-refractivity contribution is 5.99. The predicted molar refractivity (Wildman–Crippen MR) is 97.2 cm³/mol. The summed E-state index contributed by atoms with van der Waals surface area (Å²) in [6.45, 7) is 7.77. The fraction of sp³-hybridized carbons (Fsp3) is 0.222. The third-order valence-corrected chi connectivity index (χ3v) is 4.00. The summed E-state index contributed by atoms with van der Waals surface area (Å²) < 4.78 is 1.88. The number of nitrogens with zero attached hydrogens (tertiary/aromatic N) is 4. The summed E-state index contributed by atoms with van der Waals surface area (Å²) >= 11 is 0. The van der Waals surface area contributed by atoms with E-state index < -0.39 is 0 Å². The van der Waals surface area contributed by atoms with Crippen molar-refractivity contribution in [2.24, 2.45) is 0 Å². The Kier molecular flexibility index (Phi) is 4.47. The van der Waals surface area contributed by atoms with E-state index in [2.05, 4.69) is 25.6 Å². The lowest BCUT2D eigenvalue weighted by Crippen LogP contribution is -2.20. The Morgan fingerprint density at radius 2 is 1.68 bits per heavy atom. The van der Waals surface area contributed by atoms with E-state index in [0.29, 0.717) is 11.6 Å². The van der Waals surface area contributed by atoms with Crippen LogP contribution < -0.4 is 10.6 Å². The third kappa shape index (κ3) is 3.50. The van der Waals surface area contributed by atoms with Crippen LogP contribution in [0.4, 0.5) is 16.2 Å². The van der Waals surface area contributed by atoms with Crippen molar-refractivity contribution in [3.8, 4) is 5.95 Å². The van der Waals surface area contributed by atoms with Crippen molar-refractivity contribution in [1.29, 1.82) is 0 Å². The van der Waals surface area contributed by atoms with Gasteiger partial charge in [0, 0.05) is 11.4 Å². The van der Waals surface area contributed by atoms with Gasteiger partial charge in [0.15, 0.2) is 0 Å². The zero-order chi connectivity index (χ0) is 18.0. The molecule has 0 saturated carbocycles. The van der Waals surface area contributed by atoms with Crippen LogP contribution in [0.25, 0.3) is 5.95 Å². The molecule has 7 nitrogen and oxygen atoms in total. The maximum absolute atomic E-state index is 12.1. The molecule has 7 heteroatoms. The second kappa shape index (κ2) is 6.72. The van der Waals surface area contributed by atoms with Gasteiger partial charge in [0.25, 0.3) is 0 Å². The molecule has 0 spiro atoms. The summed E-state index contributed by atoms with van der Waals surface area (Å²) in [5.74, 6) is 1.36. The van der Waals surface area contributed by atoms with Gasteiger partial charge in [-0.1, -0.05) is 18.2 Å². The summed E-state index contributed by atoms with van der Waals surface area (Å²) in [5, 5.41) is 5.54. The number of hydrogen-bond donors (Lipinski definition) is 2. The number of nitrogens with one attached hydrogen (secondary N) is 2. The van der Waals surface area contributed by atoms with Gasteiger partial charge >= 0.3 is 6.03 Å². The second-order valence-corrected chi connectivity index (χ2v) is 5.83. The third-order valence-electron chi connectivity index (χ3n) is 4.00. The van der Waals surface area contributed by atoms with Gasteiger partial charge in [-0.15, -0.1) is 0 Å². The number of hydrogen-bond acceptors (Lipinski definition) is 4. The van der Waals surface area contributed by atoms with Crippen LogP contribution in [0, 0.1) is 27.7 Å². The van der Waals surface area contributed by atoms with Crippen LogP contribution in [0.1, 0.15) is 22.8 Å². The average molecular weight is 336 g/mol. The Hall–Kier alpha value is -3.22. The molecule has 0 unspecified atom stereocenters. The van der Waals surface area contributed by atoms with E-state index in [9.17, 15) is 4.79 Å². The van der Waals surface area contributed by atoms with Crippen molar-refractivity contribution in [2.75, 3.05) is 10.6 Å². The molecule has 3 aromatic rings. The van der Waals surface area contributed by atoms with Crippen molar-refractivity contribution in [3.63, 3.8) is 0 Å². The molecule has 2 amide bonds. The fourth-order valence-electron chi connectivity index (χ4n) is 2.57. The standard InChI is InChI=1S/C18H20N6O/c1-11-7-5-6-8-16(11)23-18(25)22-15-9-19-17(20-10-15)24-13(3)12(2)21-14(24)4/h5-10H,1-4H3,(H2,22,23,25). The second-order valence-electron chi connectivity index (χ2n) is 5.83. The highest BCUT2D eigenvalue weighted by Crippen LogP contribution is 2.16. The van der Waals surface area contributed by atoms with Crippen LogP contribution in [0.15, 0.2) is 36.7 Å². The minimum Gasteiger partial charge on any atom is -0.307 e. The van der Waals surface area contributed by atoms with Crippen LogP contribution in [-0.2, 0) is 0 Å². The first-order chi connectivity index (χ1) is 12.0. The van der Waals surface area contributed by atoms with E-state index >= 15 is 0 Å². The van der Waals surface area contributed by atoms with Gasteiger partial charge in [0.05, 0.1) is 23.8 Å². The number of amides is 2. The molecule has 128 valence electrons. The molecule has 0 atom stereocenters. The lowest BCUT2D eigenvalue weighted by molar-refractivity contribution is 0.262. The van der Waals surface area contributed by atoms with Gasteiger partial charge in [-0.2, -0.15) is 0 Å². The Morgan fingerprint density at radius 3 is 2.28 bits per heavy atom. The number of imidazole rings is 1. The molecule has 0 bridgehead atoms. The summed E-state index contributed by atoms with van der Waals surface area (Å²) in [4.78, 5) is 25.2. The van der Waals surface area contributed by atoms with E-state index in [-0.39, 0.29) is 6.03 Å². The normalized spacial score (nSPS) is 10.6. The largest absolute Gasteiger partial charge is 0.323 e. The van der Waals surface area contributed by atoms with E-state index in [1.807, 2.05) is 56.5 Å². The van der Waals surface area contributed by atoms with E-state index in [4.69, 9.17) is 0 Å². The maximum atomic E-state index is 12.1. The number of carbonyl (C=O) groups excluding carboxylic acids is 1. The number of aromatic nitrogens is 4. The van der Waals surface area contributed by atoms with Gasteiger partial charge in [0.1, 0.15) is 5.82 Å². The van der Waals surface area contributed by atoms with Crippen molar-refractivity contribution < 1.29 is 4.79 Å². The molecule has 2 heterocycles. The number of urea groups is 1. The molecule has 1 aromatic carbocycles.